The van der Waals surface area contributed by atoms with Crippen molar-refractivity contribution in [1.82, 2.24) is 0 Å². The molecule has 0 atom stereocenters. The van der Waals surface area contributed by atoms with Crippen LogP contribution in [0.4, 0.5) is 0 Å². The summed E-state index contributed by atoms with van der Waals surface area (Å²) in [6, 6.07) is 17.6. The average Bonchev–Trinajstić information content (AvgIpc) is 2.61. The molecule has 0 aliphatic heterocycles. The summed E-state index contributed by atoms with van der Waals surface area (Å²) in [5, 5.41) is 0. The van der Waals surface area contributed by atoms with Crippen LogP contribution < -0.4 is 9.05 Å². The molecule has 130 valence electrons. The van der Waals surface area contributed by atoms with Gasteiger partial charge in [0.1, 0.15) is 11.5 Å². The van der Waals surface area contributed by atoms with Crippen molar-refractivity contribution in [3.63, 3.8) is 0 Å². The molecule has 0 saturated carbocycles. The van der Waals surface area contributed by atoms with E-state index >= 15 is 0 Å². The van der Waals surface area contributed by atoms with Crippen molar-refractivity contribution in [3.8, 4) is 23.8 Å². The van der Waals surface area contributed by atoms with E-state index in [0.29, 0.717) is 17.9 Å². The van der Waals surface area contributed by atoms with E-state index in [9.17, 15) is 9.36 Å². The monoisotopic (exact) mass is 358 g/mol. The van der Waals surface area contributed by atoms with Gasteiger partial charge < -0.3 is 13.8 Å². The third kappa shape index (κ3) is 6.74. The van der Waals surface area contributed by atoms with Gasteiger partial charge in [0.15, 0.2) is 6.61 Å². The zero-order valence-electron chi connectivity index (χ0n) is 13.7. The van der Waals surface area contributed by atoms with Gasteiger partial charge in [0.25, 0.3) is 0 Å². The summed E-state index contributed by atoms with van der Waals surface area (Å²) in [7, 11) is -3.49. The van der Waals surface area contributed by atoms with Crippen molar-refractivity contribution in [2.24, 2.45) is 0 Å². The fourth-order valence-corrected chi connectivity index (χ4v) is 3.66. The SMILES string of the molecule is C#CCOC(=O)CCCP(=O)(Oc1ccccc1)Oc1ccccc1. The molecule has 0 fully saturated rings. The van der Waals surface area contributed by atoms with Crippen molar-refractivity contribution in [2.45, 2.75) is 12.8 Å². The van der Waals surface area contributed by atoms with Crippen LogP contribution in [-0.4, -0.2) is 18.7 Å². The topological polar surface area (TPSA) is 61.8 Å². The molecule has 25 heavy (non-hydrogen) atoms. The first-order valence-electron chi connectivity index (χ1n) is 7.79. The van der Waals surface area contributed by atoms with Crippen LogP contribution in [-0.2, 0) is 14.1 Å². The van der Waals surface area contributed by atoms with Crippen LogP contribution in [0.3, 0.4) is 0 Å². The number of hydrogen-bond donors (Lipinski definition) is 0. The molecule has 0 saturated heterocycles. The van der Waals surface area contributed by atoms with Gasteiger partial charge in [-0.2, -0.15) is 0 Å². The van der Waals surface area contributed by atoms with Crippen molar-refractivity contribution in [1.29, 1.82) is 0 Å². The van der Waals surface area contributed by atoms with E-state index in [4.69, 9.17) is 20.2 Å². The zero-order chi connectivity index (χ0) is 18.0. The number of rotatable bonds is 9. The van der Waals surface area contributed by atoms with E-state index < -0.39 is 13.6 Å². The van der Waals surface area contributed by atoms with E-state index in [1.807, 2.05) is 12.1 Å². The van der Waals surface area contributed by atoms with Crippen LogP contribution in [0.15, 0.2) is 60.7 Å². The number of esters is 1. The van der Waals surface area contributed by atoms with Gasteiger partial charge >= 0.3 is 13.6 Å². The maximum atomic E-state index is 13.1. The standard InChI is InChI=1S/C19H19O5P/c1-2-15-22-19(20)14-9-16-25(21,23-17-10-5-3-6-11-17)24-18-12-7-4-8-13-18/h1,3-8,10-13H,9,14-16H2. The molecule has 0 N–H and O–H groups in total. The highest BCUT2D eigenvalue weighted by Crippen LogP contribution is 2.49. The predicted octanol–water partition coefficient (Wildman–Crippen LogP) is 4.29. The summed E-state index contributed by atoms with van der Waals surface area (Å²) < 4.78 is 29.2. The Bertz CT molecular complexity index is 707. The number of ether oxygens (including phenoxy) is 1. The maximum Gasteiger partial charge on any atom is 0.430 e. The number of hydrogen-bond acceptors (Lipinski definition) is 5. The molecule has 0 heterocycles. The molecule has 5 nitrogen and oxygen atoms in total. The minimum absolute atomic E-state index is 0.0714. The van der Waals surface area contributed by atoms with Gasteiger partial charge in [-0.25, -0.2) is 4.57 Å². The fraction of sp³-hybridized carbons (Fsp3) is 0.211. The Kier molecular flexibility index (Phi) is 7.13. The third-order valence-corrected chi connectivity index (χ3v) is 4.95. The van der Waals surface area contributed by atoms with E-state index in [0.717, 1.165) is 0 Å². The van der Waals surface area contributed by atoms with Gasteiger partial charge in [-0.05, 0) is 30.7 Å². The van der Waals surface area contributed by atoms with Gasteiger partial charge in [-0.15, -0.1) is 6.42 Å². The summed E-state index contributed by atoms with van der Waals surface area (Å²) in [6.45, 7) is -0.0719. The maximum absolute atomic E-state index is 13.1. The van der Waals surface area contributed by atoms with Crippen LogP contribution >= 0.6 is 7.60 Å². The van der Waals surface area contributed by atoms with Crippen LogP contribution in [0.25, 0.3) is 0 Å². The first-order chi connectivity index (χ1) is 12.1. The second kappa shape index (κ2) is 9.56. The lowest BCUT2D eigenvalue weighted by Crippen LogP contribution is -2.09. The van der Waals surface area contributed by atoms with E-state index in [1.54, 1.807) is 48.5 Å². The molecule has 6 heteroatoms. The number of para-hydroxylation sites is 2. The lowest BCUT2D eigenvalue weighted by Gasteiger charge is -2.20. The minimum atomic E-state index is -3.49. The Morgan fingerprint density at radius 3 is 1.96 bits per heavy atom. The minimum Gasteiger partial charge on any atom is -0.452 e. The van der Waals surface area contributed by atoms with Crippen LogP contribution in [0.5, 0.6) is 11.5 Å². The fourth-order valence-electron chi connectivity index (χ4n) is 2.01. The molecule has 0 bridgehead atoms. The van der Waals surface area contributed by atoms with Crippen molar-refractivity contribution < 1.29 is 23.1 Å². The summed E-state index contributed by atoms with van der Waals surface area (Å²) >= 11 is 0. The van der Waals surface area contributed by atoms with Crippen molar-refractivity contribution in [2.75, 3.05) is 12.8 Å². The zero-order valence-corrected chi connectivity index (χ0v) is 14.6. The number of benzene rings is 2. The highest BCUT2D eigenvalue weighted by molar-refractivity contribution is 7.54. The normalized spacial score (nSPS) is 10.5. The molecule has 2 aromatic carbocycles. The Morgan fingerprint density at radius 1 is 0.960 bits per heavy atom. The van der Waals surface area contributed by atoms with Gasteiger partial charge in [-0.3, -0.25) is 4.79 Å². The predicted molar refractivity (Wildman–Crippen MR) is 95.6 cm³/mol. The van der Waals surface area contributed by atoms with Gasteiger partial charge in [0.05, 0.1) is 6.16 Å². The number of carbonyl (C=O) groups excluding carboxylic acids is 1. The van der Waals surface area contributed by atoms with E-state index in [-0.39, 0.29) is 19.2 Å². The Labute approximate surface area is 147 Å². The van der Waals surface area contributed by atoms with Gasteiger partial charge in [0, 0.05) is 6.42 Å². The smallest absolute Gasteiger partial charge is 0.430 e. The first-order valence-corrected chi connectivity index (χ1v) is 9.51. The second-order valence-corrected chi connectivity index (χ2v) is 7.15. The Morgan fingerprint density at radius 2 is 1.48 bits per heavy atom. The first kappa shape index (κ1) is 18.6. The second-order valence-electron chi connectivity index (χ2n) is 5.11. The number of terminal acetylenes is 1. The summed E-state index contributed by atoms with van der Waals surface area (Å²) in [4.78, 5) is 11.5. The van der Waals surface area contributed by atoms with Crippen LogP contribution in [0.1, 0.15) is 12.8 Å². The summed E-state index contributed by atoms with van der Waals surface area (Å²) in [5.74, 6) is 2.67. The molecular weight excluding hydrogens is 339 g/mol. The molecule has 2 aromatic rings. The molecule has 0 aromatic heterocycles. The molecule has 0 unspecified atom stereocenters. The molecule has 0 aliphatic rings. The largest absolute Gasteiger partial charge is 0.452 e. The molecule has 0 radical (unpaired) electrons. The Balaban J connectivity index is 2.02. The molecule has 0 aliphatic carbocycles. The van der Waals surface area contributed by atoms with Crippen LogP contribution in [0.2, 0.25) is 0 Å². The quantitative estimate of drug-likeness (QED) is 0.380. The lowest BCUT2D eigenvalue weighted by molar-refractivity contribution is -0.142. The van der Waals surface area contributed by atoms with Crippen molar-refractivity contribution >= 4 is 13.6 Å². The molecule has 2 rings (SSSR count). The van der Waals surface area contributed by atoms with E-state index in [2.05, 4.69) is 5.92 Å². The molecule has 0 amide bonds. The molecular formula is C19H19O5P. The van der Waals surface area contributed by atoms with Gasteiger partial charge in [-0.1, -0.05) is 42.3 Å². The lowest BCUT2D eigenvalue weighted by atomic mass is 10.3. The molecule has 0 spiro atoms. The third-order valence-electron chi connectivity index (χ3n) is 3.10. The highest BCUT2D eigenvalue weighted by Gasteiger charge is 2.28. The highest BCUT2D eigenvalue weighted by atomic mass is 31.2. The summed E-state index contributed by atoms with van der Waals surface area (Å²) in [5.41, 5.74) is 0. The van der Waals surface area contributed by atoms with Gasteiger partial charge in [0.2, 0.25) is 0 Å². The average molecular weight is 358 g/mol. The Hall–Kier alpha value is -2.70. The summed E-state index contributed by atoms with van der Waals surface area (Å²) in [6.07, 6.45) is 5.48. The van der Waals surface area contributed by atoms with E-state index in [1.165, 1.54) is 0 Å². The van der Waals surface area contributed by atoms with Crippen molar-refractivity contribution in [3.05, 3.63) is 60.7 Å². The van der Waals surface area contributed by atoms with Crippen LogP contribution in [0, 0.1) is 12.3 Å². The number of carbonyl (C=O) groups is 1.